The summed E-state index contributed by atoms with van der Waals surface area (Å²) < 4.78 is 65.0. The molecule has 1 aromatic carbocycles. The highest BCUT2D eigenvalue weighted by atomic mass is 19.3. The van der Waals surface area contributed by atoms with Crippen molar-refractivity contribution in [1.29, 1.82) is 0 Å². The van der Waals surface area contributed by atoms with Crippen molar-refractivity contribution < 1.29 is 41.4 Å². The molecule has 3 amide bonds. The van der Waals surface area contributed by atoms with Crippen molar-refractivity contribution in [1.82, 2.24) is 20.7 Å². The minimum atomic E-state index is -3.22. The summed E-state index contributed by atoms with van der Waals surface area (Å²) in [5, 5.41) is 3.11. The monoisotopic (exact) mass is 526 g/mol. The molecule has 0 radical (unpaired) electrons. The molecule has 3 heterocycles. The van der Waals surface area contributed by atoms with Crippen LogP contribution >= 0.6 is 0 Å². The van der Waals surface area contributed by atoms with Gasteiger partial charge >= 0.3 is 18.6 Å². The fourth-order valence-electron chi connectivity index (χ4n) is 3.81. The minimum Gasteiger partial charge on any atom is -0.442 e. The van der Waals surface area contributed by atoms with Gasteiger partial charge in [0.1, 0.15) is 11.8 Å². The van der Waals surface area contributed by atoms with E-state index in [0.717, 1.165) is 17.0 Å². The van der Waals surface area contributed by atoms with E-state index in [0.29, 0.717) is 0 Å². The molecule has 4 rings (SSSR count). The van der Waals surface area contributed by atoms with Crippen molar-refractivity contribution in [3.8, 4) is 5.75 Å². The van der Waals surface area contributed by atoms with Gasteiger partial charge in [-0.05, 0) is 12.1 Å². The smallest absolute Gasteiger partial charge is 0.429 e. The van der Waals surface area contributed by atoms with Crippen LogP contribution in [0.15, 0.2) is 36.7 Å². The molecule has 2 fully saturated rings. The first-order valence-corrected chi connectivity index (χ1v) is 11.1. The summed E-state index contributed by atoms with van der Waals surface area (Å²) >= 11 is 0. The summed E-state index contributed by atoms with van der Waals surface area (Å²) in [5.41, 5.74) is 2.36. The zero-order chi connectivity index (χ0) is 26.5. The zero-order valence-corrected chi connectivity index (χ0v) is 19.2. The maximum absolute atomic E-state index is 15.1. The van der Waals surface area contributed by atoms with E-state index < -0.39 is 42.3 Å². The Morgan fingerprint density at radius 2 is 1.97 bits per heavy atom. The van der Waals surface area contributed by atoms with Crippen molar-refractivity contribution in [2.75, 3.05) is 49.1 Å². The molecule has 198 valence electrons. The summed E-state index contributed by atoms with van der Waals surface area (Å²) in [6, 6.07) is 5.06. The van der Waals surface area contributed by atoms with E-state index in [-0.39, 0.29) is 56.4 Å². The van der Waals surface area contributed by atoms with Gasteiger partial charge in [-0.15, -0.1) is 0 Å². The largest absolute Gasteiger partial charge is 0.442 e. The number of carbonyl (C=O) groups excluding carboxylic acids is 3. The van der Waals surface area contributed by atoms with Gasteiger partial charge in [0, 0.05) is 38.0 Å². The number of nitrogens with one attached hydrogen (secondary N) is 2. The predicted octanol–water partition coefficient (Wildman–Crippen LogP) is 1.89. The van der Waals surface area contributed by atoms with Crippen molar-refractivity contribution >= 4 is 29.5 Å². The van der Waals surface area contributed by atoms with Crippen LogP contribution in [0.2, 0.25) is 0 Å². The van der Waals surface area contributed by atoms with Crippen LogP contribution in [0.5, 0.6) is 5.75 Å². The molecule has 0 bridgehead atoms. The Kier molecular flexibility index (Phi) is 7.91. The molecule has 0 spiro atoms. The third-order valence-corrected chi connectivity index (χ3v) is 5.54. The van der Waals surface area contributed by atoms with E-state index in [2.05, 4.69) is 10.4 Å². The lowest BCUT2D eigenvalue weighted by molar-refractivity contribution is -0.132. The SMILES string of the molecule is O=C(NC[C@H]1CN(c2cc(F)c(N3CCNN(C(=O)Oc4cccnc4)CC3)c(F)c2)C(=O)O1)C(F)F. The van der Waals surface area contributed by atoms with Gasteiger partial charge in [-0.3, -0.25) is 14.7 Å². The van der Waals surface area contributed by atoms with Gasteiger partial charge in [0.15, 0.2) is 17.4 Å². The van der Waals surface area contributed by atoms with Gasteiger partial charge in [-0.2, -0.15) is 8.78 Å². The Morgan fingerprint density at radius 3 is 2.65 bits per heavy atom. The highest BCUT2D eigenvalue weighted by molar-refractivity contribution is 5.90. The Hall–Kier alpha value is -4.14. The highest BCUT2D eigenvalue weighted by Crippen LogP contribution is 2.31. The minimum absolute atomic E-state index is 0.0458. The first-order valence-electron chi connectivity index (χ1n) is 11.1. The lowest BCUT2D eigenvalue weighted by Crippen LogP contribution is -2.45. The molecule has 2 aromatic rings. The summed E-state index contributed by atoms with van der Waals surface area (Å²) in [4.78, 5) is 41.8. The van der Waals surface area contributed by atoms with Crippen molar-refractivity contribution in [2.24, 2.45) is 0 Å². The zero-order valence-electron chi connectivity index (χ0n) is 19.2. The van der Waals surface area contributed by atoms with Crippen LogP contribution in [0.1, 0.15) is 0 Å². The third kappa shape index (κ3) is 6.17. The maximum atomic E-state index is 15.1. The molecule has 2 saturated heterocycles. The second kappa shape index (κ2) is 11.3. The van der Waals surface area contributed by atoms with Crippen LogP contribution in [0.3, 0.4) is 0 Å². The fourth-order valence-corrected chi connectivity index (χ4v) is 3.81. The molecule has 37 heavy (non-hydrogen) atoms. The van der Waals surface area contributed by atoms with Gasteiger partial charge in [-0.25, -0.2) is 28.8 Å². The summed E-state index contributed by atoms with van der Waals surface area (Å²) in [6.45, 7) is -0.143. The third-order valence-electron chi connectivity index (χ3n) is 5.54. The molecule has 2 aliphatic heterocycles. The molecule has 15 heteroatoms. The average Bonchev–Trinajstić information content (AvgIpc) is 3.07. The number of nitrogens with zero attached hydrogens (tertiary/aromatic N) is 4. The number of hydrogen-bond acceptors (Lipinski definition) is 8. The van der Waals surface area contributed by atoms with Crippen LogP contribution in [-0.2, 0) is 9.53 Å². The number of hydrazine groups is 1. The summed E-state index contributed by atoms with van der Waals surface area (Å²) in [5.74, 6) is -3.19. The van der Waals surface area contributed by atoms with Crippen LogP contribution in [0.4, 0.5) is 38.5 Å². The van der Waals surface area contributed by atoms with Crippen LogP contribution in [0, 0.1) is 11.6 Å². The number of ether oxygens (including phenoxy) is 2. The molecule has 0 aliphatic carbocycles. The normalized spacial score (nSPS) is 18.0. The van der Waals surface area contributed by atoms with Crippen molar-refractivity contribution in [3.63, 3.8) is 0 Å². The number of halogens is 4. The quantitative estimate of drug-likeness (QED) is 0.549. The summed E-state index contributed by atoms with van der Waals surface area (Å²) in [6.07, 6.45) is -2.96. The van der Waals surface area contributed by atoms with E-state index in [9.17, 15) is 23.2 Å². The lowest BCUT2D eigenvalue weighted by Gasteiger charge is -2.25. The van der Waals surface area contributed by atoms with Crippen LogP contribution in [0.25, 0.3) is 0 Å². The average molecular weight is 526 g/mol. The number of aromatic nitrogens is 1. The molecule has 2 N–H and O–H groups in total. The Balaban J connectivity index is 1.39. The second-order valence-electron chi connectivity index (χ2n) is 8.02. The van der Waals surface area contributed by atoms with Gasteiger partial charge in [0.25, 0.3) is 5.91 Å². The molecule has 11 nitrogen and oxygen atoms in total. The molecule has 0 saturated carbocycles. The predicted molar refractivity (Wildman–Crippen MR) is 120 cm³/mol. The van der Waals surface area contributed by atoms with Crippen molar-refractivity contribution in [3.05, 3.63) is 48.3 Å². The Morgan fingerprint density at radius 1 is 1.22 bits per heavy atom. The van der Waals surface area contributed by atoms with Gasteiger partial charge in [-0.1, -0.05) is 0 Å². The molecule has 0 unspecified atom stereocenters. The molecular weight excluding hydrogens is 504 g/mol. The lowest BCUT2D eigenvalue weighted by atomic mass is 10.2. The fraction of sp³-hybridized carbons (Fsp3) is 0.364. The topological polar surface area (TPSA) is 116 Å². The van der Waals surface area contributed by atoms with Crippen molar-refractivity contribution in [2.45, 2.75) is 12.5 Å². The van der Waals surface area contributed by atoms with Gasteiger partial charge < -0.3 is 19.7 Å². The number of anilines is 2. The number of benzene rings is 1. The van der Waals surface area contributed by atoms with E-state index in [4.69, 9.17) is 9.47 Å². The number of cyclic esters (lactones) is 1. The first kappa shape index (κ1) is 25.9. The molecule has 2 aliphatic rings. The van der Waals surface area contributed by atoms with E-state index in [1.54, 1.807) is 12.1 Å². The Bertz CT molecular complexity index is 1130. The first-order chi connectivity index (χ1) is 17.7. The van der Waals surface area contributed by atoms with E-state index in [1.807, 2.05) is 5.32 Å². The Labute approximate surface area is 207 Å². The van der Waals surface area contributed by atoms with Gasteiger partial charge in [0.05, 0.1) is 31.5 Å². The van der Waals surface area contributed by atoms with E-state index in [1.165, 1.54) is 22.3 Å². The van der Waals surface area contributed by atoms with E-state index >= 15 is 8.78 Å². The summed E-state index contributed by atoms with van der Waals surface area (Å²) in [7, 11) is 0. The van der Waals surface area contributed by atoms with Crippen LogP contribution < -0.4 is 25.3 Å². The molecule has 1 aromatic heterocycles. The number of alkyl halides is 2. The number of carbonyl (C=O) groups is 3. The number of amides is 3. The van der Waals surface area contributed by atoms with Gasteiger partial charge in [0.2, 0.25) is 0 Å². The maximum Gasteiger partial charge on any atom is 0.429 e. The number of rotatable bonds is 6. The standard InChI is InChI=1S/C22H22F4N6O5/c23-16-8-13(31-12-15(37-21(31)34)11-28-20(33)19(25)26)9-17(24)18(16)30-5-4-29-32(7-6-30)22(35)36-14-2-1-3-27-10-14/h1-3,8-10,15,19,29H,4-7,11-12H2,(H,28,33)/t15-/m0/s1. The number of hydrogen-bond donors (Lipinski definition) is 2. The second-order valence-corrected chi connectivity index (χ2v) is 8.02. The number of pyridine rings is 1. The molecule has 1 atom stereocenters. The van der Waals surface area contributed by atoms with Crippen LogP contribution in [-0.4, -0.2) is 79.9 Å². The highest BCUT2D eigenvalue weighted by Gasteiger charge is 2.34. The molecular formula is C22H22F4N6O5.